The van der Waals surface area contributed by atoms with Crippen LogP contribution >= 0.6 is 0 Å². The molecule has 1 aliphatic carbocycles. The molecule has 2 aliphatic heterocycles. The lowest BCUT2D eigenvalue weighted by Crippen LogP contribution is -2.46. The maximum atomic E-state index is 14.3. The zero-order valence-electron chi connectivity index (χ0n) is 20.5. The minimum atomic E-state index is -1.41. The van der Waals surface area contributed by atoms with Gasteiger partial charge in [0.1, 0.15) is 5.82 Å². The third kappa shape index (κ3) is 4.33. The highest BCUT2D eigenvalue weighted by molar-refractivity contribution is 6.11. The van der Waals surface area contributed by atoms with Crippen molar-refractivity contribution in [2.24, 2.45) is 0 Å². The van der Waals surface area contributed by atoms with Crippen molar-refractivity contribution in [3.8, 4) is 11.5 Å². The van der Waals surface area contributed by atoms with Crippen molar-refractivity contribution < 1.29 is 28.2 Å². The maximum absolute atomic E-state index is 14.3. The van der Waals surface area contributed by atoms with Gasteiger partial charge < -0.3 is 14.4 Å². The van der Waals surface area contributed by atoms with E-state index in [0.29, 0.717) is 43.2 Å². The van der Waals surface area contributed by atoms with Gasteiger partial charge in [0.2, 0.25) is 17.7 Å². The second kappa shape index (κ2) is 9.91. The van der Waals surface area contributed by atoms with Crippen molar-refractivity contribution >= 4 is 17.7 Å². The maximum Gasteiger partial charge on any atom is 0.241 e. The first-order valence-corrected chi connectivity index (χ1v) is 12.6. The summed E-state index contributed by atoms with van der Waals surface area (Å²) in [6.45, 7) is 1.15. The standard InChI is InChI=1S/C28H31FN2O5/c1-35-23-12-4-7-19-18-30(13-6-14-36-26(19)23)24(32)16-28(20-8-5-9-21(29)15-20)17-25(33)31(27(28)34)22-10-2-3-11-22/h4-5,7-9,12,15,22H,2-3,6,10-11,13-14,16-18H2,1H3. The number of carbonyl (C=O) groups is 3. The highest BCUT2D eigenvalue weighted by Gasteiger charge is 2.56. The fourth-order valence-electron chi connectivity index (χ4n) is 5.85. The van der Waals surface area contributed by atoms with Crippen molar-refractivity contribution in [1.29, 1.82) is 0 Å². The molecule has 2 aromatic rings. The number of hydrogen-bond acceptors (Lipinski definition) is 5. The third-order valence-corrected chi connectivity index (χ3v) is 7.68. The van der Waals surface area contributed by atoms with Crippen LogP contribution in [0.15, 0.2) is 42.5 Å². The number of nitrogens with zero attached hydrogens (tertiary/aromatic N) is 2. The van der Waals surface area contributed by atoms with Crippen molar-refractivity contribution in [3.63, 3.8) is 0 Å². The summed E-state index contributed by atoms with van der Waals surface area (Å²) in [5, 5.41) is 0. The summed E-state index contributed by atoms with van der Waals surface area (Å²) in [7, 11) is 1.57. The Morgan fingerprint density at radius 3 is 2.67 bits per heavy atom. The Labute approximate surface area is 210 Å². The molecule has 0 spiro atoms. The highest BCUT2D eigenvalue weighted by Crippen LogP contribution is 2.43. The van der Waals surface area contributed by atoms with Crippen LogP contribution in [0.5, 0.6) is 11.5 Å². The van der Waals surface area contributed by atoms with Gasteiger partial charge in [-0.2, -0.15) is 0 Å². The molecule has 0 aromatic heterocycles. The van der Waals surface area contributed by atoms with Crippen LogP contribution in [0.3, 0.4) is 0 Å². The second-order valence-electron chi connectivity index (χ2n) is 9.92. The molecular weight excluding hydrogens is 463 g/mol. The predicted octanol–water partition coefficient (Wildman–Crippen LogP) is 3.98. The van der Waals surface area contributed by atoms with Gasteiger partial charge in [-0.05, 0) is 43.0 Å². The van der Waals surface area contributed by atoms with Crippen molar-refractivity contribution in [2.45, 2.75) is 62.9 Å². The van der Waals surface area contributed by atoms with Crippen LogP contribution in [-0.4, -0.2) is 53.8 Å². The normalized spacial score (nSPS) is 22.7. The minimum Gasteiger partial charge on any atom is -0.493 e. The van der Waals surface area contributed by atoms with E-state index < -0.39 is 11.2 Å². The Hall–Kier alpha value is -3.42. The van der Waals surface area contributed by atoms with E-state index in [1.807, 2.05) is 18.2 Å². The average Bonchev–Trinajstić information content (AvgIpc) is 3.45. The first-order chi connectivity index (χ1) is 17.4. The van der Waals surface area contributed by atoms with E-state index in [1.165, 1.54) is 23.1 Å². The molecule has 36 heavy (non-hydrogen) atoms. The monoisotopic (exact) mass is 494 g/mol. The molecule has 1 saturated heterocycles. The van der Waals surface area contributed by atoms with E-state index in [2.05, 4.69) is 0 Å². The van der Waals surface area contributed by atoms with Gasteiger partial charge in [-0.3, -0.25) is 19.3 Å². The second-order valence-corrected chi connectivity index (χ2v) is 9.92. The number of carbonyl (C=O) groups excluding carboxylic acids is 3. The zero-order chi connectivity index (χ0) is 25.3. The molecule has 0 radical (unpaired) electrons. The molecule has 1 atom stereocenters. The molecule has 2 fully saturated rings. The first-order valence-electron chi connectivity index (χ1n) is 12.6. The van der Waals surface area contributed by atoms with E-state index in [0.717, 1.165) is 31.2 Å². The number of methoxy groups -OCH3 is 1. The Morgan fingerprint density at radius 1 is 1.14 bits per heavy atom. The van der Waals surface area contributed by atoms with Gasteiger partial charge in [0.05, 0.1) is 19.1 Å². The molecule has 2 aromatic carbocycles. The van der Waals surface area contributed by atoms with E-state index in [-0.39, 0.29) is 36.6 Å². The van der Waals surface area contributed by atoms with Crippen LogP contribution in [0, 0.1) is 5.82 Å². The van der Waals surface area contributed by atoms with Gasteiger partial charge in [-0.1, -0.05) is 37.1 Å². The molecule has 5 rings (SSSR count). The van der Waals surface area contributed by atoms with Crippen LogP contribution in [0.25, 0.3) is 0 Å². The van der Waals surface area contributed by atoms with E-state index in [1.54, 1.807) is 18.1 Å². The quantitative estimate of drug-likeness (QED) is 0.588. The molecular formula is C28H31FN2O5. The number of hydrogen-bond donors (Lipinski definition) is 0. The number of imide groups is 1. The summed E-state index contributed by atoms with van der Waals surface area (Å²) in [4.78, 5) is 44.0. The Bertz CT molecular complexity index is 1180. The van der Waals surface area contributed by atoms with Crippen LogP contribution < -0.4 is 9.47 Å². The lowest BCUT2D eigenvalue weighted by atomic mass is 9.75. The van der Waals surface area contributed by atoms with Gasteiger partial charge in [0.25, 0.3) is 0 Å². The van der Waals surface area contributed by atoms with E-state index in [4.69, 9.17) is 9.47 Å². The number of likely N-dealkylation sites (tertiary alicyclic amines) is 1. The summed E-state index contributed by atoms with van der Waals surface area (Å²) in [6, 6.07) is 11.2. The number of fused-ring (bicyclic) bond motifs is 1. The van der Waals surface area contributed by atoms with Crippen molar-refractivity contribution in [3.05, 3.63) is 59.4 Å². The number of halogens is 1. The topological polar surface area (TPSA) is 76.2 Å². The number of benzene rings is 2. The Kier molecular flexibility index (Phi) is 6.69. The molecule has 1 saturated carbocycles. The Balaban J connectivity index is 1.48. The van der Waals surface area contributed by atoms with Gasteiger partial charge >= 0.3 is 0 Å². The van der Waals surface area contributed by atoms with Crippen LogP contribution in [0.2, 0.25) is 0 Å². The van der Waals surface area contributed by atoms with Crippen molar-refractivity contribution in [2.75, 3.05) is 20.3 Å². The lowest BCUT2D eigenvalue weighted by Gasteiger charge is -2.33. The number of rotatable bonds is 5. The Morgan fingerprint density at radius 2 is 1.92 bits per heavy atom. The average molecular weight is 495 g/mol. The largest absolute Gasteiger partial charge is 0.493 e. The van der Waals surface area contributed by atoms with Crippen LogP contribution in [0.1, 0.15) is 56.1 Å². The fraction of sp³-hybridized carbons (Fsp3) is 0.464. The summed E-state index contributed by atoms with van der Waals surface area (Å²) in [6.07, 6.45) is 3.77. The SMILES string of the molecule is COc1cccc2c1OCCCN(C(=O)CC1(c3cccc(F)c3)CC(=O)N(C3CCCC3)C1=O)C2. The molecule has 3 amide bonds. The summed E-state index contributed by atoms with van der Waals surface area (Å²) in [5.41, 5.74) is -0.217. The smallest absolute Gasteiger partial charge is 0.241 e. The van der Waals surface area contributed by atoms with Crippen LogP contribution in [-0.2, 0) is 26.3 Å². The molecule has 3 aliphatic rings. The molecule has 0 N–H and O–H groups in total. The molecule has 1 unspecified atom stereocenters. The van der Waals surface area contributed by atoms with E-state index >= 15 is 0 Å². The number of para-hydroxylation sites is 1. The molecule has 7 nitrogen and oxygen atoms in total. The summed E-state index contributed by atoms with van der Waals surface area (Å²) >= 11 is 0. The number of ether oxygens (including phenoxy) is 2. The van der Waals surface area contributed by atoms with E-state index in [9.17, 15) is 18.8 Å². The minimum absolute atomic E-state index is 0.126. The molecule has 190 valence electrons. The number of amides is 3. The highest BCUT2D eigenvalue weighted by atomic mass is 19.1. The fourth-order valence-corrected chi connectivity index (χ4v) is 5.85. The third-order valence-electron chi connectivity index (χ3n) is 7.68. The molecule has 8 heteroatoms. The van der Waals surface area contributed by atoms with Crippen molar-refractivity contribution in [1.82, 2.24) is 9.80 Å². The molecule has 2 heterocycles. The van der Waals surface area contributed by atoms with Gasteiger partial charge in [-0.15, -0.1) is 0 Å². The lowest BCUT2D eigenvalue weighted by molar-refractivity contribution is -0.145. The van der Waals surface area contributed by atoms with Gasteiger partial charge in [0.15, 0.2) is 11.5 Å². The first kappa shape index (κ1) is 24.3. The van der Waals surface area contributed by atoms with Crippen LogP contribution in [0.4, 0.5) is 4.39 Å². The van der Waals surface area contributed by atoms with Gasteiger partial charge in [-0.25, -0.2) is 4.39 Å². The zero-order valence-corrected chi connectivity index (χ0v) is 20.5. The predicted molar refractivity (Wildman–Crippen MR) is 130 cm³/mol. The summed E-state index contributed by atoms with van der Waals surface area (Å²) < 4.78 is 25.6. The van der Waals surface area contributed by atoms with Gasteiger partial charge in [0, 0.05) is 37.5 Å². The summed E-state index contributed by atoms with van der Waals surface area (Å²) in [5.74, 6) is -0.192. The molecule has 0 bridgehead atoms.